The molecule has 1 aliphatic rings. The van der Waals surface area contributed by atoms with E-state index in [1.54, 1.807) is 6.07 Å². The summed E-state index contributed by atoms with van der Waals surface area (Å²) in [5.41, 5.74) is 2.62. The molecule has 1 aliphatic carbocycles. The van der Waals surface area contributed by atoms with Crippen LogP contribution in [0.3, 0.4) is 0 Å². The molecule has 1 saturated carbocycles. The summed E-state index contributed by atoms with van der Waals surface area (Å²) < 4.78 is 14.1. The largest absolute Gasteiger partial charge is 0.357 e. The summed E-state index contributed by atoms with van der Waals surface area (Å²) in [6.45, 7) is 5.98. The summed E-state index contributed by atoms with van der Waals surface area (Å²) in [5.74, 6) is 0.626. The zero-order valence-electron chi connectivity index (χ0n) is 15.3. The van der Waals surface area contributed by atoms with Crippen LogP contribution in [-0.4, -0.2) is 24.0 Å². The molecule has 1 aromatic heterocycles. The van der Waals surface area contributed by atoms with Crippen molar-refractivity contribution < 1.29 is 4.39 Å². The van der Waals surface area contributed by atoms with Gasteiger partial charge >= 0.3 is 0 Å². The first-order valence-electron chi connectivity index (χ1n) is 8.83. The number of aliphatic imine (C=N–C) groups is 1. The van der Waals surface area contributed by atoms with Crippen LogP contribution in [0.2, 0.25) is 0 Å². The van der Waals surface area contributed by atoms with Crippen LogP contribution in [0.4, 0.5) is 4.39 Å². The summed E-state index contributed by atoms with van der Waals surface area (Å²) in [5, 5.41) is 6.63. The van der Waals surface area contributed by atoms with Gasteiger partial charge in [-0.15, -0.1) is 24.0 Å². The third-order valence-corrected chi connectivity index (χ3v) is 4.58. The maximum atomic E-state index is 14.1. The average Bonchev–Trinajstić information content (AvgIpc) is 3.39. The molecule has 0 unspecified atom stereocenters. The third kappa shape index (κ3) is 5.16. The van der Waals surface area contributed by atoms with Crippen molar-refractivity contribution in [2.24, 2.45) is 4.99 Å². The third-order valence-electron chi connectivity index (χ3n) is 4.58. The zero-order valence-corrected chi connectivity index (χ0v) is 17.6. The molecule has 1 fully saturated rings. The van der Waals surface area contributed by atoms with E-state index in [-0.39, 0.29) is 35.2 Å². The van der Waals surface area contributed by atoms with Gasteiger partial charge < -0.3 is 10.6 Å². The first kappa shape index (κ1) is 20.6. The van der Waals surface area contributed by atoms with Crippen molar-refractivity contribution in [1.82, 2.24) is 15.6 Å². The zero-order chi connectivity index (χ0) is 17.7. The summed E-state index contributed by atoms with van der Waals surface area (Å²) in [6.07, 6.45) is 2.00. The lowest BCUT2D eigenvalue weighted by Gasteiger charge is -2.19. The molecule has 1 heterocycles. The molecule has 0 radical (unpaired) electrons. The van der Waals surface area contributed by atoms with E-state index >= 15 is 0 Å². The van der Waals surface area contributed by atoms with Crippen LogP contribution in [0, 0.1) is 12.7 Å². The molecule has 140 valence electrons. The second-order valence-corrected chi connectivity index (χ2v) is 6.58. The lowest BCUT2D eigenvalue weighted by molar-refractivity contribution is 0.559. The molecule has 1 aromatic carbocycles. The fourth-order valence-electron chi connectivity index (χ4n) is 3.03. The number of pyridine rings is 1. The van der Waals surface area contributed by atoms with Crippen LogP contribution in [-0.2, 0) is 12.0 Å². The molecule has 2 aromatic rings. The van der Waals surface area contributed by atoms with Crippen LogP contribution in [0.25, 0.3) is 0 Å². The van der Waals surface area contributed by atoms with E-state index in [9.17, 15) is 4.39 Å². The van der Waals surface area contributed by atoms with Gasteiger partial charge in [0.15, 0.2) is 5.96 Å². The van der Waals surface area contributed by atoms with Gasteiger partial charge in [-0.25, -0.2) is 9.38 Å². The van der Waals surface area contributed by atoms with Crippen molar-refractivity contribution in [2.75, 3.05) is 13.1 Å². The molecule has 4 nitrogen and oxygen atoms in total. The van der Waals surface area contributed by atoms with Crippen molar-refractivity contribution in [2.45, 2.75) is 38.6 Å². The van der Waals surface area contributed by atoms with Gasteiger partial charge in [-0.2, -0.15) is 0 Å². The van der Waals surface area contributed by atoms with Gasteiger partial charge in [0, 0.05) is 24.2 Å². The second kappa shape index (κ2) is 9.30. The highest BCUT2D eigenvalue weighted by atomic mass is 127. The molecule has 0 aliphatic heterocycles. The molecular weight excluding hydrogens is 442 g/mol. The van der Waals surface area contributed by atoms with Gasteiger partial charge in [0.25, 0.3) is 0 Å². The number of nitrogens with zero attached hydrogens (tertiary/aromatic N) is 2. The highest BCUT2D eigenvalue weighted by Gasteiger charge is 2.45. The molecule has 0 amide bonds. The molecular formula is C20H26FIN4. The summed E-state index contributed by atoms with van der Waals surface area (Å²) >= 11 is 0. The normalized spacial score (nSPS) is 15.1. The average molecular weight is 468 g/mol. The quantitative estimate of drug-likeness (QED) is 0.384. The summed E-state index contributed by atoms with van der Waals surface area (Å²) in [7, 11) is 0. The Balaban J connectivity index is 0.00000243. The minimum atomic E-state index is -0.118. The first-order valence-corrected chi connectivity index (χ1v) is 8.83. The van der Waals surface area contributed by atoms with Crippen LogP contribution < -0.4 is 10.6 Å². The highest BCUT2D eigenvalue weighted by molar-refractivity contribution is 14.0. The number of guanidine groups is 1. The van der Waals surface area contributed by atoms with Crippen LogP contribution in [0.1, 0.15) is 36.7 Å². The molecule has 0 saturated heterocycles. The van der Waals surface area contributed by atoms with E-state index in [0.717, 1.165) is 42.3 Å². The summed E-state index contributed by atoms with van der Waals surface area (Å²) in [6, 6.07) is 13.0. The van der Waals surface area contributed by atoms with E-state index in [4.69, 9.17) is 0 Å². The fourth-order valence-corrected chi connectivity index (χ4v) is 3.03. The Hall–Kier alpha value is -1.70. The maximum absolute atomic E-state index is 14.1. The summed E-state index contributed by atoms with van der Waals surface area (Å²) in [4.78, 5) is 9.08. The van der Waals surface area contributed by atoms with Crippen LogP contribution in [0.15, 0.2) is 47.5 Å². The number of benzene rings is 1. The van der Waals surface area contributed by atoms with E-state index in [1.165, 1.54) is 6.07 Å². The Labute approximate surface area is 171 Å². The van der Waals surface area contributed by atoms with Crippen molar-refractivity contribution >= 4 is 29.9 Å². The molecule has 6 heteroatoms. The van der Waals surface area contributed by atoms with Gasteiger partial charge in [0.2, 0.25) is 0 Å². The van der Waals surface area contributed by atoms with Gasteiger partial charge in [0.1, 0.15) is 5.82 Å². The predicted molar refractivity (Wildman–Crippen MR) is 115 cm³/mol. The van der Waals surface area contributed by atoms with Gasteiger partial charge in [0.05, 0.1) is 12.2 Å². The Morgan fingerprint density at radius 2 is 1.92 bits per heavy atom. The number of aryl methyl sites for hydroxylation is 1. The number of aromatic nitrogens is 1. The van der Waals surface area contributed by atoms with E-state index in [0.29, 0.717) is 13.1 Å². The van der Waals surface area contributed by atoms with Crippen molar-refractivity contribution in [3.8, 4) is 0 Å². The molecule has 0 atom stereocenters. The predicted octanol–water partition coefficient (Wildman–Crippen LogP) is 3.93. The smallest absolute Gasteiger partial charge is 0.191 e. The second-order valence-electron chi connectivity index (χ2n) is 6.58. The topological polar surface area (TPSA) is 49.3 Å². The van der Waals surface area contributed by atoms with Crippen molar-refractivity contribution in [3.63, 3.8) is 0 Å². The number of hydrogen-bond donors (Lipinski definition) is 2. The number of hydrogen-bond acceptors (Lipinski definition) is 2. The number of nitrogens with one attached hydrogen (secondary N) is 2. The van der Waals surface area contributed by atoms with Crippen molar-refractivity contribution in [1.29, 1.82) is 0 Å². The fraction of sp³-hybridized carbons (Fsp3) is 0.400. The van der Waals surface area contributed by atoms with Crippen LogP contribution in [0.5, 0.6) is 0 Å². The van der Waals surface area contributed by atoms with Gasteiger partial charge in [-0.05, 0) is 50.5 Å². The minimum absolute atomic E-state index is 0. The minimum Gasteiger partial charge on any atom is -0.357 e. The number of rotatable bonds is 6. The Kier molecular flexibility index (Phi) is 7.37. The Morgan fingerprint density at radius 3 is 2.58 bits per heavy atom. The SMILES string of the molecule is CCNC(=NCc1cccc(C)n1)NCC1(c2ccccc2F)CC1.I. The van der Waals surface area contributed by atoms with E-state index in [1.807, 2.05) is 44.2 Å². The Bertz CT molecular complexity index is 759. The van der Waals surface area contributed by atoms with E-state index in [2.05, 4.69) is 20.6 Å². The molecule has 0 spiro atoms. The van der Waals surface area contributed by atoms with Crippen LogP contribution >= 0.6 is 24.0 Å². The van der Waals surface area contributed by atoms with Gasteiger partial charge in [-0.1, -0.05) is 24.3 Å². The van der Waals surface area contributed by atoms with Gasteiger partial charge in [-0.3, -0.25) is 4.98 Å². The van der Waals surface area contributed by atoms with Crippen molar-refractivity contribution in [3.05, 3.63) is 65.2 Å². The maximum Gasteiger partial charge on any atom is 0.191 e. The molecule has 26 heavy (non-hydrogen) atoms. The molecule has 0 bridgehead atoms. The lowest BCUT2D eigenvalue weighted by Crippen LogP contribution is -2.41. The monoisotopic (exact) mass is 468 g/mol. The first-order chi connectivity index (χ1) is 12.1. The number of halogens is 2. The molecule has 3 rings (SSSR count). The highest BCUT2D eigenvalue weighted by Crippen LogP contribution is 2.48. The van der Waals surface area contributed by atoms with E-state index < -0.39 is 0 Å². The lowest BCUT2D eigenvalue weighted by atomic mass is 9.95. The Morgan fingerprint density at radius 1 is 1.15 bits per heavy atom. The molecule has 2 N–H and O–H groups in total. The standard InChI is InChI=1S/C20H25FN4.HI/c1-3-22-19(23-13-16-8-6-7-15(2)25-16)24-14-20(11-12-20)17-9-4-5-10-18(17)21;/h4-10H,3,11-14H2,1-2H3,(H2,22,23,24);1H.